The van der Waals surface area contributed by atoms with Crippen LogP contribution in [0, 0.1) is 0 Å². The van der Waals surface area contributed by atoms with Gasteiger partial charge in [0.15, 0.2) is 0 Å². The molecule has 1 amide bonds. The van der Waals surface area contributed by atoms with E-state index < -0.39 is 5.97 Å². The predicted octanol–water partition coefficient (Wildman–Crippen LogP) is 1.93. The number of nitrogens with zero attached hydrogens (tertiary/aromatic N) is 1. The summed E-state index contributed by atoms with van der Waals surface area (Å²) in [6.07, 6.45) is 1.85. The second-order valence-corrected chi connectivity index (χ2v) is 5.31. The van der Waals surface area contributed by atoms with Gasteiger partial charge in [0.25, 0.3) is 0 Å². The summed E-state index contributed by atoms with van der Waals surface area (Å²) >= 11 is 1.53. The van der Waals surface area contributed by atoms with Crippen LogP contribution in [0.25, 0.3) is 0 Å². The zero-order valence-electron chi connectivity index (χ0n) is 9.63. The zero-order chi connectivity index (χ0) is 12.4. The Morgan fingerprint density at radius 2 is 2.29 bits per heavy atom. The minimum atomic E-state index is -0.941. The van der Waals surface area contributed by atoms with Gasteiger partial charge in [0.05, 0.1) is 5.92 Å². The summed E-state index contributed by atoms with van der Waals surface area (Å²) < 4.78 is 0. The van der Waals surface area contributed by atoms with Crippen LogP contribution in [0.2, 0.25) is 0 Å². The minimum Gasteiger partial charge on any atom is -0.480 e. The number of carboxylic acids is 1. The fourth-order valence-electron chi connectivity index (χ4n) is 1.83. The number of carboxylic acid groups (broad SMARTS) is 1. The van der Waals surface area contributed by atoms with Gasteiger partial charge in [-0.05, 0) is 31.2 Å². The highest BCUT2D eigenvalue weighted by atomic mass is 32.1. The Balaban J connectivity index is 2.08. The highest BCUT2D eigenvalue weighted by Crippen LogP contribution is 2.31. The van der Waals surface area contributed by atoms with Gasteiger partial charge in [0.1, 0.15) is 6.54 Å². The molecule has 0 aromatic carbocycles. The number of aliphatic carboxylic acids is 1. The van der Waals surface area contributed by atoms with E-state index in [9.17, 15) is 9.59 Å². The summed E-state index contributed by atoms with van der Waals surface area (Å²) in [7, 11) is 0. The third-order valence-corrected chi connectivity index (χ3v) is 3.97. The monoisotopic (exact) mass is 253 g/mol. The van der Waals surface area contributed by atoms with Gasteiger partial charge >= 0.3 is 5.97 Å². The maximum Gasteiger partial charge on any atom is 0.323 e. The topological polar surface area (TPSA) is 57.6 Å². The first kappa shape index (κ1) is 12.1. The van der Waals surface area contributed by atoms with E-state index in [1.54, 1.807) is 0 Å². The quantitative estimate of drug-likeness (QED) is 0.872. The van der Waals surface area contributed by atoms with Gasteiger partial charge in [0.2, 0.25) is 5.91 Å². The van der Waals surface area contributed by atoms with Crippen molar-refractivity contribution in [3.63, 3.8) is 0 Å². The molecule has 1 atom stereocenters. The van der Waals surface area contributed by atoms with E-state index in [1.807, 2.05) is 24.4 Å². The van der Waals surface area contributed by atoms with E-state index in [1.165, 1.54) is 16.2 Å². The molecule has 1 aromatic heterocycles. The van der Waals surface area contributed by atoms with Crippen molar-refractivity contribution >= 4 is 23.2 Å². The average Bonchev–Trinajstić information content (AvgIpc) is 2.98. The molecule has 17 heavy (non-hydrogen) atoms. The molecule has 1 aromatic rings. The van der Waals surface area contributed by atoms with Gasteiger partial charge < -0.3 is 10.0 Å². The molecular weight excluding hydrogens is 238 g/mol. The lowest BCUT2D eigenvalue weighted by Gasteiger charge is -2.23. The number of hydrogen-bond acceptors (Lipinski definition) is 3. The molecule has 0 bridgehead atoms. The second kappa shape index (κ2) is 4.87. The van der Waals surface area contributed by atoms with Crippen LogP contribution in [-0.4, -0.2) is 34.5 Å². The van der Waals surface area contributed by atoms with Gasteiger partial charge in [0, 0.05) is 10.9 Å². The fourth-order valence-corrected chi connectivity index (χ4v) is 2.60. The van der Waals surface area contributed by atoms with Crippen molar-refractivity contribution in [1.82, 2.24) is 4.90 Å². The van der Waals surface area contributed by atoms with E-state index >= 15 is 0 Å². The molecule has 1 saturated carbocycles. The molecule has 0 radical (unpaired) electrons. The Bertz CT molecular complexity index is 411. The summed E-state index contributed by atoms with van der Waals surface area (Å²) in [4.78, 5) is 25.5. The first-order valence-corrected chi connectivity index (χ1v) is 6.53. The van der Waals surface area contributed by atoms with Gasteiger partial charge in [-0.25, -0.2) is 0 Å². The van der Waals surface area contributed by atoms with Crippen molar-refractivity contribution in [2.75, 3.05) is 6.54 Å². The molecule has 4 nitrogen and oxygen atoms in total. The number of thiophene rings is 1. The van der Waals surface area contributed by atoms with Gasteiger partial charge in [-0.3, -0.25) is 9.59 Å². The van der Waals surface area contributed by atoms with Crippen molar-refractivity contribution < 1.29 is 14.7 Å². The fraction of sp³-hybridized carbons (Fsp3) is 0.500. The molecule has 0 spiro atoms. The normalized spacial score (nSPS) is 16.5. The first-order chi connectivity index (χ1) is 8.09. The maximum absolute atomic E-state index is 12.2. The number of hydrogen-bond donors (Lipinski definition) is 1. The molecule has 1 heterocycles. The van der Waals surface area contributed by atoms with Crippen LogP contribution in [0.15, 0.2) is 17.5 Å². The van der Waals surface area contributed by atoms with Crippen LogP contribution < -0.4 is 0 Å². The number of rotatable bonds is 5. The Morgan fingerprint density at radius 3 is 2.76 bits per heavy atom. The maximum atomic E-state index is 12.2. The summed E-state index contributed by atoms with van der Waals surface area (Å²) in [6.45, 7) is 1.66. The van der Waals surface area contributed by atoms with Crippen LogP contribution >= 0.6 is 11.3 Å². The van der Waals surface area contributed by atoms with E-state index in [0.717, 1.165) is 17.7 Å². The Hall–Kier alpha value is -1.36. The van der Waals surface area contributed by atoms with Crippen LogP contribution in [-0.2, 0) is 9.59 Å². The molecule has 2 rings (SSSR count). The lowest BCUT2D eigenvalue weighted by atomic mass is 10.1. The summed E-state index contributed by atoms with van der Waals surface area (Å²) in [6, 6.07) is 3.96. The molecule has 0 aliphatic heterocycles. The van der Waals surface area contributed by atoms with Crippen LogP contribution in [0.3, 0.4) is 0 Å². The summed E-state index contributed by atoms with van der Waals surface area (Å²) in [5, 5.41) is 10.8. The van der Waals surface area contributed by atoms with Crippen molar-refractivity contribution in [2.45, 2.75) is 31.7 Å². The minimum absolute atomic E-state index is 0.0719. The molecule has 0 saturated heterocycles. The van der Waals surface area contributed by atoms with Gasteiger partial charge in [-0.15, -0.1) is 11.3 Å². The first-order valence-electron chi connectivity index (χ1n) is 5.65. The molecule has 1 aliphatic carbocycles. The predicted molar refractivity (Wildman–Crippen MR) is 65.1 cm³/mol. The van der Waals surface area contributed by atoms with E-state index in [-0.39, 0.29) is 24.4 Å². The molecule has 92 valence electrons. The summed E-state index contributed by atoms with van der Waals surface area (Å²) in [5.41, 5.74) is 0. The standard InChI is InChI=1S/C12H15NO3S/c1-8(10-3-2-6-17-10)12(16)13(7-11(14)15)9-4-5-9/h2-3,6,8-9H,4-5,7H2,1H3,(H,14,15). The Kier molecular flexibility index (Phi) is 3.47. The number of carbonyl (C=O) groups is 2. The lowest BCUT2D eigenvalue weighted by Crippen LogP contribution is -2.39. The third-order valence-electron chi connectivity index (χ3n) is 2.92. The van der Waals surface area contributed by atoms with Crippen molar-refractivity contribution in [3.8, 4) is 0 Å². The number of amides is 1. The lowest BCUT2D eigenvalue weighted by molar-refractivity contribution is -0.145. The third kappa shape index (κ3) is 2.85. The largest absolute Gasteiger partial charge is 0.480 e. The van der Waals surface area contributed by atoms with Gasteiger partial charge in [-0.2, -0.15) is 0 Å². The SMILES string of the molecule is CC(C(=O)N(CC(=O)O)C1CC1)c1cccs1. The van der Waals surface area contributed by atoms with Gasteiger partial charge in [-0.1, -0.05) is 6.07 Å². The van der Waals surface area contributed by atoms with Crippen LogP contribution in [0.1, 0.15) is 30.6 Å². The molecule has 1 unspecified atom stereocenters. The van der Waals surface area contributed by atoms with Crippen molar-refractivity contribution in [1.29, 1.82) is 0 Å². The summed E-state index contributed by atoms with van der Waals surface area (Å²) in [5.74, 6) is -1.25. The van der Waals surface area contributed by atoms with E-state index in [4.69, 9.17) is 5.11 Å². The van der Waals surface area contributed by atoms with E-state index in [0.29, 0.717) is 0 Å². The number of carbonyl (C=O) groups excluding carboxylic acids is 1. The molecule has 1 fully saturated rings. The van der Waals surface area contributed by atoms with Crippen LogP contribution in [0.5, 0.6) is 0 Å². The highest BCUT2D eigenvalue weighted by Gasteiger charge is 2.36. The smallest absolute Gasteiger partial charge is 0.323 e. The Labute approximate surface area is 104 Å². The molecule has 1 aliphatic rings. The zero-order valence-corrected chi connectivity index (χ0v) is 10.4. The molecule has 1 N–H and O–H groups in total. The average molecular weight is 253 g/mol. The Morgan fingerprint density at radius 1 is 1.59 bits per heavy atom. The molecule has 5 heteroatoms. The molecular formula is C12H15NO3S. The van der Waals surface area contributed by atoms with Crippen molar-refractivity contribution in [2.24, 2.45) is 0 Å². The van der Waals surface area contributed by atoms with E-state index in [2.05, 4.69) is 0 Å². The second-order valence-electron chi connectivity index (χ2n) is 4.33. The van der Waals surface area contributed by atoms with Crippen LogP contribution in [0.4, 0.5) is 0 Å². The van der Waals surface area contributed by atoms with Crippen molar-refractivity contribution in [3.05, 3.63) is 22.4 Å². The highest BCUT2D eigenvalue weighted by molar-refractivity contribution is 7.10.